The number of aliphatic hydroxyl groups excluding tert-OH is 1. The highest BCUT2D eigenvalue weighted by Gasteiger charge is 2.48. The molecule has 8 nitrogen and oxygen atoms in total. The molecule has 1 saturated heterocycles. The van der Waals surface area contributed by atoms with Crippen LogP contribution >= 0.6 is 11.3 Å². The van der Waals surface area contributed by atoms with Crippen molar-refractivity contribution < 1.29 is 29.0 Å². The topological polar surface area (TPSA) is 106 Å². The number of amides is 1. The number of hydrogen-bond donors (Lipinski definition) is 1. The summed E-state index contributed by atoms with van der Waals surface area (Å²) in [6, 6.07) is 21.3. The number of nitrogens with zero attached hydrogens (tertiary/aromatic N) is 2. The number of aryl methyl sites for hydroxylation is 2. The lowest BCUT2D eigenvalue weighted by Crippen LogP contribution is -2.29. The van der Waals surface area contributed by atoms with Gasteiger partial charge in [0.15, 0.2) is 5.13 Å². The summed E-state index contributed by atoms with van der Waals surface area (Å²) in [6.07, 6.45) is 0. The maximum Gasteiger partial charge on any atom is 0.350 e. The molecule has 5 rings (SSSR count). The van der Waals surface area contributed by atoms with Crippen LogP contribution in [0.2, 0.25) is 0 Å². The number of aliphatic hydroxyl groups is 1. The second kappa shape index (κ2) is 12.2. The predicted molar refractivity (Wildman–Crippen MR) is 165 cm³/mol. The van der Waals surface area contributed by atoms with E-state index in [9.17, 15) is 19.5 Å². The van der Waals surface area contributed by atoms with Crippen LogP contribution in [0.1, 0.15) is 69.0 Å². The van der Waals surface area contributed by atoms with Gasteiger partial charge in [-0.25, -0.2) is 9.78 Å². The largest absolute Gasteiger partial charge is 0.507 e. The number of ether oxygens (including phenoxy) is 2. The molecule has 0 bridgehead atoms. The van der Waals surface area contributed by atoms with Gasteiger partial charge in [-0.15, -0.1) is 0 Å². The fourth-order valence-electron chi connectivity index (χ4n) is 4.97. The van der Waals surface area contributed by atoms with Crippen molar-refractivity contribution in [2.45, 2.75) is 46.3 Å². The van der Waals surface area contributed by atoms with Gasteiger partial charge < -0.3 is 14.6 Å². The van der Waals surface area contributed by atoms with Gasteiger partial charge in [0.2, 0.25) is 0 Å². The standard InChI is InChI=1S/C34H32N2O6S/c1-19(2)22-10-12-23(13-11-22)28-27(30(38)32(39)36(28)34-35-21(4)31(43-34)33(40)41-5)29(37)24-14-16-26(17-15-24)42-18-25-9-7-6-8-20(25)3/h6-17,19,28,37H,18H2,1-5H3. The summed E-state index contributed by atoms with van der Waals surface area (Å²) in [4.78, 5) is 45.3. The molecule has 1 aliphatic rings. The monoisotopic (exact) mass is 596 g/mol. The number of ketones is 1. The average molecular weight is 597 g/mol. The maximum atomic E-state index is 13.6. The fraction of sp³-hybridized carbons (Fsp3) is 0.235. The Bertz CT molecular complexity index is 1720. The van der Waals surface area contributed by atoms with Crippen LogP contribution in [0.5, 0.6) is 5.75 Å². The number of aromatic nitrogens is 1. The molecule has 1 fully saturated rings. The molecule has 1 unspecified atom stereocenters. The molecule has 1 aromatic heterocycles. The molecule has 1 atom stereocenters. The third kappa shape index (κ3) is 5.81. The lowest BCUT2D eigenvalue weighted by atomic mass is 9.93. The second-order valence-corrected chi connectivity index (χ2v) is 11.6. The quantitative estimate of drug-likeness (QED) is 0.102. The number of carbonyl (C=O) groups excluding carboxylic acids is 3. The van der Waals surface area contributed by atoms with E-state index in [2.05, 4.69) is 18.8 Å². The first-order valence-corrected chi connectivity index (χ1v) is 14.7. The molecule has 3 aromatic carbocycles. The van der Waals surface area contributed by atoms with E-state index in [-0.39, 0.29) is 27.3 Å². The van der Waals surface area contributed by atoms with Crippen molar-refractivity contribution in [2.24, 2.45) is 0 Å². The minimum Gasteiger partial charge on any atom is -0.507 e. The van der Waals surface area contributed by atoms with Gasteiger partial charge in [-0.2, -0.15) is 0 Å². The summed E-state index contributed by atoms with van der Waals surface area (Å²) in [5.74, 6) is -1.72. The summed E-state index contributed by atoms with van der Waals surface area (Å²) in [5.41, 5.74) is 4.56. The molecule has 0 aliphatic carbocycles. The molecule has 2 heterocycles. The van der Waals surface area contributed by atoms with Crippen LogP contribution in [0.15, 0.2) is 78.4 Å². The zero-order valence-corrected chi connectivity index (χ0v) is 25.4. The van der Waals surface area contributed by atoms with E-state index in [0.717, 1.165) is 28.0 Å². The van der Waals surface area contributed by atoms with Crippen molar-refractivity contribution in [3.8, 4) is 5.75 Å². The van der Waals surface area contributed by atoms with Crippen LogP contribution in [0.25, 0.3) is 5.76 Å². The molecule has 1 N–H and O–H groups in total. The van der Waals surface area contributed by atoms with E-state index in [1.54, 1.807) is 31.2 Å². The van der Waals surface area contributed by atoms with Crippen LogP contribution in [-0.4, -0.2) is 34.9 Å². The number of esters is 1. The summed E-state index contributed by atoms with van der Waals surface area (Å²) in [5, 5.41) is 11.7. The minimum atomic E-state index is -0.964. The van der Waals surface area contributed by atoms with E-state index in [0.29, 0.717) is 29.2 Å². The average Bonchev–Trinajstić information content (AvgIpc) is 3.52. The normalized spacial score (nSPS) is 16.1. The third-order valence-corrected chi connectivity index (χ3v) is 8.65. The van der Waals surface area contributed by atoms with Crippen molar-refractivity contribution >= 4 is 39.9 Å². The second-order valence-electron chi connectivity index (χ2n) is 10.6. The predicted octanol–water partition coefficient (Wildman–Crippen LogP) is 6.88. The van der Waals surface area contributed by atoms with Gasteiger partial charge >= 0.3 is 11.9 Å². The Kier molecular flexibility index (Phi) is 8.45. The van der Waals surface area contributed by atoms with Crippen molar-refractivity contribution in [3.05, 3.63) is 117 Å². The molecule has 4 aromatic rings. The highest BCUT2D eigenvalue weighted by Crippen LogP contribution is 2.44. The smallest absolute Gasteiger partial charge is 0.350 e. The van der Waals surface area contributed by atoms with Gasteiger partial charge in [-0.05, 0) is 66.3 Å². The molecule has 9 heteroatoms. The van der Waals surface area contributed by atoms with Crippen LogP contribution in [-0.2, 0) is 20.9 Å². The molecule has 0 radical (unpaired) electrons. The van der Waals surface area contributed by atoms with Crippen LogP contribution in [0.3, 0.4) is 0 Å². The SMILES string of the molecule is COC(=O)c1sc(N2C(=O)C(=O)C(=C(O)c3ccc(OCc4ccccc4C)cc3)C2c2ccc(C(C)C)cc2)nc1C. The zero-order chi connectivity index (χ0) is 30.8. The van der Waals surface area contributed by atoms with Gasteiger partial charge in [-0.1, -0.05) is 73.7 Å². The van der Waals surface area contributed by atoms with Gasteiger partial charge in [-0.3, -0.25) is 14.5 Å². The minimum absolute atomic E-state index is 0.0663. The first-order chi connectivity index (χ1) is 20.6. The lowest BCUT2D eigenvalue weighted by Gasteiger charge is -2.23. The number of hydrogen-bond acceptors (Lipinski definition) is 8. The number of carbonyl (C=O) groups is 3. The molecule has 1 amide bonds. The molecule has 0 spiro atoms. The van der Waals surface area contributed by atoms with Crippen molar-refractivity contribution in [2.75, 3.05) is 12.0 Å². The zero-order valence-electron chi connectivity index (χ0n) is 24.6. The molecule has 43 heavy (non-hydrogen) atoms. The van der Waals surface area contributed by atoms with Gasteiger partial charge in [0.25, 0.3) is 5.78 Å². The van der Waals surface area contributed by atoms with Crippen LogP contribution < -0.4 is 9.64 Å². The van der Waals surface area contributed by atoms with Gasteiger partial charge in [0, 0.05) is 5.56 Å². The molecule has 1 aliphatic heterocycles. The van der Waals surface area contributed by atoms with E-state index in [1.165, 1.54) is 12.0 Å². The summed E-state index contributed by atoms with van der Waals surface area (Å²) in [7, 11) is 1.27. The molecule has 0 saturated carbocycles. The van der Waals surface area contributed by atoms with E-state index in [4.69, 9.17) is 9.47 Å². The van der Waals surface area contributed by atoms with E-state index < -0.39 is 23.7 Å². The summed E-state index contributed by atoms with van der Waals surface area (Å²) in [6.45, 7) is 8.18. The molecule has 220 valence electrons. The Morgan fingerprint density at radius 3 is 2.30 bits per heavy atom. The molecular weight excluding hydrogens is 564 g/mol. The summed E-state index contributed by atoms with van der Waals surface area (Å²) >= 11 is 0.964. The first kappa shape index (κ1) is 29.7. The number of Topliss-reactive ketones (excluding diaryl/α,β-unsaturated/α-hetero) is 1. The van der Waals surface area contributed by atoms with Crippen molar-refractivity contribution in [1.82, 2.24) is 4.98 Å². The number of rotatable bonds is 8. The number of thiazole rings is 1. The Morgan fingerprint density at radius 1 is 1.00 bits per heavy atom. The van der Waals surface area contributed by atoms with Gasteiger partial charge in [0.1, 0.15) is 23.0 Å². The Hall–Kier alpha value is -4.76. The van der Waals surface area contributed by atoms with Gasteiger partial charge in [0.05, 0.1) is 24.4 Å². The summed E-state index contributed by atoms with van der Waals surface area (Å²) < 4.78 is 10.8. The lowest BCUT2D eigenvalue weighted by molar-refractivity contribution is -0.132. The van der Waals surface area contributed by atoms with Crippen LogP contribution in [0.4, 0.5) is 5.13 Å². The van der Waals surface area contributed by atoms with Crippen molar-refractivity contribution in [1.29, 1.82) is 0 Å². The molecular formula is C34H32N2O6S. The van der Waals surface area contributed by atoms with Crippen LogP contribution in [0, 0.1) is 13.8 Å². The fourth-order valence-corrected chi connectivity index (χ4v) is 5.99. The highest BCUT2D eigenvalue weighted by atomic mass is 32.1. The number of benzene rings is 3. The Labute approximate surface area is 254 Å². The van der Waals surface area contributed by atoms with E-state index in [1.807, 2.05) is 55.5 Å². The number of methoxy groups -OCH3 is 1. The Balaban J connectivity index is 1.55. The first-order valence-electron chi connectivity index (χ1n) is 13.8. The van der Waals surface area contributed by atoms with Crippen molar-refractivity contribution in [3.63, 3.8) is 0 Å². The Morgan fingerprint density at radius 2 is 1.67 bits per heavy atom. The maximum absolute atomic E-state index is 13.6. The van der Waals surface area contributed by atoms with E-state index >= 15 is 0 Å². The highest BCUT2D eigenvalue weighted by molar-refractivity contribution is 7.17. The number of anilines is 1. The third-order valence-electron chi connectivity index (χ3n) is 7.51.